The van der Waals surface area contributed by atoms with Gasteiger partial charge >= 0.3 is 0 Å². The van der Waals surface area contributed by atoms with E-state index >= 15 is 0 Å². The Kier molecular flexibility index (Phi) is 4.92. The lowest BCUT2D eigenvalue weighted by atomic mass is 10.1. The lowest BCUT2D eigenvalue weighted by Crippen LogP contribution is -1.99. The lowest BCUT2D eigenvalue weighted by Gasteiger charge is -2.03. The van der Waals surface area contributed by atoms with E-state index in [0.717, 1.165) is 16.7 Å². The Morgan fingerprint density at radius 3 is 2.50 bits per heavy atom. The standard InChI is InChI=1S/C12H12N2O.ClH/c13-15-9-10-6-12(8-14-7-10)11-4-2-1-3-5-11;/h1-8H,9,13H2;1H. The van der Waals surface area contributed by atoms with Gasteiger partial charge in [-0.3, -0.25) is 9.82 Å². The number of aromatic nitrogens is 1. The van der Waals surface area contributed by atoms with E-state index in [1.807, 2.05) is 42.6 Å². The maximum absolute atomic E-state index is 5.02. The molecular weight excluding hydrogens is 224 g/mol. The third-order valence-electron chi connectivity index (χ3n) is 2.15. The molecule has 0 saturated heterocycles. The van der Waals surface area contributed by atoms with Crippen molar-refractivity contribution in [2.75, 3.05) is 0 Å². The minimum atomic E-state index is 0. The molecule has 16 heavy (non-hydrogen) atoms. The molecule has 0 bridgehead atoms. The summed E-state index contributed by atoms with van der Waals surface area (Å²) < 4.78 is 0. The van der Waals surface area contributed by atoms with Crippen molar-refractivity contribution in [2.24, 2.45) is 5.90 Å². The zero-order chi connectivity index (χ0) is 10.5. The van der Waals surface area contributed by atoms with Crippen LogP contribution in [0.4, 0.5) is 0 Å². The van der Waals surface area contributed by atoms with Crippen LogP contribution in [-0.2, 0) is 11.4 Å². The Morgan fingerprint density at radius 2 is 1.81 bits per heavy atom. The number of nitrogens with two attached hydrogens (primary N) is 1. The van der Waals surface area contributed by atoms with E-state index in [4.69, 9.17) is 5.90 Å². The first-order chi connectivity index (χ1) is 7.40. The summed E-state index contributed by atoms with van der Waals surface area (Å²) in [7, 11) is 0. The fourth-order valence-electron chi connectivity index (χ4n) is 1.45. The van der Waals surface area contributed by atoms with E-state index in [-0.39, 0.29) is 12.4 Å². The third kappa shape index (κ3) is 3.03. The fraction of sp³-hybridized carbons (Fsp3) is 0.0833. The second kappa shape index (κ2) is 6.23. The summed E-state index contributed by atoms with van der Waals surface area (Å²) in [5.41, 5.74) is 3.19. The summed E-state index contributed by atoms with van der Waals surface area (Å²) >= 11 is 0. The number of hydrogen-bond donors (Lipinski definition) is 1. The van der Waals surface area contributed by atoms with Gasteiger partial charge in [0.05, 0.1) is 6.61 Å². The molecule has 0 fully saturated rings. The SMILES string of the molecule is Cl.NOCc1cncc(-c2ccccc2)c1. The average Bonchev–Trinajstić information content (AvgIpc) is 2.31. The van der Waals surface area contributed by atoms with Crippen LogP contribution in [0.2, 0.25) is 0 Å². The van der Waals surface area contributed by atoms with Gasteiger partial charge in [-0.15, -0.1) is 12.4 Å². The molecule has 2 aromatic rings. The molecule has 2 N–H and O–H groups in total. The molecular formula is C12H13ClN2O. The van der Waals surface area contributed by atoms with Crippen molar-refractivity contribution in [3.63, 3.8) is 0 Å². The van der Waals surface area contributed by atoms with Crippen LogP contribution in [0.5, 0.6) is 0 Å². The minimum Gasteiger partial charge on any atom is -0.300 e. The van der Waals surface area contributed by atoms with Crippen LogP contribution >= 0.6 is 12.4 Å². The summed E-state index contributed by atoms with van der Waals surface area (Å²) in [6.45, 7) is 0.383. The molecule has 2 rings (SSSR count). The van der Waals surface area contributed by atoms with Crippen molar-refractivity contribution in [3.05, 3.63) is 54.4 Å². The van der Waals surface area contributed by atoms with Crippen LogP contribution in [0, 0.1) is 0 Å². The summed E-state index contributed by atoms with van der Waals surface area (Å²) in [5.74, 6) is 5.02. The van der Waals surface area contributed by atoms with Gasteiger partial charge in [-0.2, -0.15) is 0 Å². The van der Waals surface area contributed by atoms with E-state index < -0.39 is 0 Å². The van der Waals surface area contributed by atoms with E-state index in [9.17, 15) is 0 Å². The molecule has 0 spiro atoms. The molecule has 1 heterocycles. The molecule has 0 unspecified atom stereocenters. The second-order valence-corrected chi connectivity index (χ2v) is 3.26. The van der Waals surface area contributed by atoms with Crippen LogP contribution in [-0.4, -0.2) is 4.98 Å². The maximum atomic E-state index is 5.02. The van der Waals surface area contributed by atoms with Crippen molar-refractivity contribution < 1.29 is 4.84 Å². The molecule has 1 aromatic heterocycles. The molecule has 0 aliphatic heterocycles. The number of benzene rings is 1. The van der Waals surface area contributed by atoms with Crippen molar-refractivity contribution in [2.45, 2.75) is 6.61 Å². The Balaban J connectivity index is 0.00000128. The number of halogens is 1. The van der Waals surface area contributed by atoms with Crippen molar-refractivity contribution >= 4 is 12.4 Å². The van der Waals surface area contributed by atoms with Crippen molar-refractivity contribution in [1.82, 2.24) is 4.98 Å². The van der Waals surface area contributed by atoms with Gasteiger partial charge in [0.15, 0.2) is 0 Å². The van der Waals surface area contributed by atoms with Crippen molar-refractivity contribution in [3.8, 4) is 11.1 Å². The van der Waals surface area contributed by atoms with Gasteiger partial charge in [0.2, 0.25) is 0 Å². The molecule has 0 aliphatic carbocycles. The quantitative estimate of drug-likeness (QED) is 0.834. The van der Waals surface area contributed by atoms with Crippen LogP contribution in [0.25, 0.3) is 11.1 Å². The largest absolute Gasteiger partial charge is 0.300 e. The summed E-state index contributed by atoms with van der Waals surface area (Å²) in [4.78, 5) is 8.72. The highest BCUT2D eigenvalue weighted by Crippen LogP contribution is 2.18. The molecule has 0 saturated carbocycles. The highest BCUT2D eigenvalue weighted by Gasteiger charge is 1.99. The Morgan fingerprint density at radius 1 is 1.06 bits per heavy atom. The number of hydrogen-bond acceptors (Lipinski definition) is 3. The second-order valence-electron chi connectivity index (χ2n) is 3.26. The Labute approximate surface area is 101 Å². The number of rotatable bonds is 3. The lowest BCUT2D eigenvalue weighted by molar-refractivity contribution is 0.124. The first-order valence-corrected chi connectivity index (χ1v) is 4.71. The van der Waals surface area contributed by atoms with Gasteiger partial charge in [0.1, 0.15) is 0 Å². The van der Waals surface area contributed by atoms with E-state index in [0.29, 0.717) is 6.61 Å². The number of nitrogens with zero attached hydrogens (tertiary/aromatic N) is 1. The molecule has 0 atom stereocenters. The average molecular weight is 237 g/mol. The third-order valence-corrected chi connectivity index (χ3v) is 2.15. The monoisotopic (exact) mass is 236 g/mol. The van der Waals surface area contributed by atoms with E-state index in [1.54, 1.807) is 6.20 Å². The van der Waals surface area contributed by atoms with Gasteiger partial charge in [0.25, 0.3) is 0 Å². The van der Waals surface area contributed by atoms with Gasteiger partial charge < -0.3 is 0 Å². The van der Waals surface area contributed by atoms with E-state index in [1.165, 1.54) is 0 Å². The van der Waals surface area contributed by atoms with Crippen LogP contribution < -0.4 is 5.90 Å². The first kappa shape index (κ1) is 12.6. The van der Waals surface area contributed by atoms with Gasteiger partial charge in [0, 0.05) is 18.0 Å². The number of pyridine rings is 1. The maximum Gasteiger partial charge on any atom is 0.0945 e. The predicted molar refractivity (Wildman–Crippen MR) is 65.9 cm³/mol. The Bertz CT molecular complexity index is 434. The highest BCUT2D eigenvalue weighted by atomic mass is 35.5. The molecule has 0 aliphatic rings. The molecule has 0 amide bonds. The first-order valence-electron chi connectivity index (χ1n) is 4.71. The summed E-state index contributed by atoms with van der Waals surface area (Å²) in [5, 5.41) is 0. The van der Waals surface area contributed by atoms with Crippen molar-refractivity contribution in [1.29, 1.82) is 0 Å². The van der Waals surface area contributed by atoms with Gasteiger partial charge in [-0.05, 0) is 17.2 Å². The zero-order valence-electron chi connectivity index (χ0n) is 8.67. The van der Waals surface area contributed by atoms with Crippen LogP contribution in [0.15, 0.2) is 48.8 Å². The highest BCUT2D eigenvalue weighted by molar-refractivity contribution is 5.85. The molecule has 3 nitrogen and oxygen atoms in total. The molecule has 4 heteroatoms. The minimum absolute atomic E-state index is 0. The van der Waals surface area contributed by atoms with Crippen LogP contribution in [0.3, 0.4) is 0 Å². The van der Waals surface area contributed by atoms with Crippen LogP contribution in [0.1, 0.15) is 5.56 Å². The van der Waals surface area contributed by atoms with Gasteiger partial charge in [-0.1, -0.05) is 30.3 Å². The summed E-state index contributed by atoms with van der Waals surface area (Å²) in [6.07, 6.45) is 3.58. The zero-order valence-corrected chi connectivity index (χ0v) is 9.48. The Hall–Kier alpha value is -1.42. The molecule has 0 radical (unpaired) electrons. The normalized spacial score (nSPS) is 9.56. The molecule has 1 aromatic carbocycles. The smallest absolute Gasteiger partial charge is 0.0945 e. The topological polar surface area (TPSA) is 48.1 Å². The summed E-state index contributed by atoms with van der Waals surface area (Å²) in [6, 6.07) is 12.1. The van der Waals surface area contributed by atoms with E-state index in [2.05, 4.69) is 9.82 Å². The fourth-order valence-corrected chi connectivity index (χ4v) is 1.45. The molecule has 84 valence electrons. The predicted octanol–water partition coefficient (Wildman–Crippen LogP) is 2.56. The van der Waals surface area contributed by atoms with Gasteiger partial charge in [-0.25, -0.2) is 5.90 Å².